The molecule has 0 bridgehead atoms. The lowest BCUT2D eigenvalue weighted by Gasteiger charge is -2.20. The van der Waals surface area contributed by atoms with E-state index in [2.05, 4.69) is 15.5 Å². The molecule has 2 atom stereocenters. The molecule has 0 saturated carbocycles. The summed E-state index contributed by atoms with van der Waals surface area (Å²) in [6.45, 7) is 5.59. The highest BCUT2D eigenvalue weighted by Gasteiger charge is 2.30. The maximum atomic E-state index is 12.5. The van der Waals surface area contributed by atoms with Crippen LogP contribution in [0, 0.1) is 19.8 Å². The first-order valence-electron chi connectivity index (χ1n) is 7.40. The predicted molar refractivity (Wildman–Crippen MR) is 83.4 cm³/mol. The molecule has 0 spiro atoms. The Morgan fingerprint density at radius 3 is 2.78 bits per heavy atom. The number of aryl methyl sites for hydroxylation is 2. The smallest absolute Gasteiger partial charge is 0.276 e. The number of carbonyl (C=O) groups is 2. The second kappa shape index (κ2) is 5.79. The van der Waals surface area contributed by atoms with E-state index in [1.165, 1.54) is 0 Å². The zero-order valence-electron chi connectivity index (χ0n) is 13.2. The molecule has 0 aromatic carbocycles. The Morgan fingerprint density at radius 1 is 1.30 bits per heavy atom. The van der Waals surface area contributed by atoms with E-state index < -0.39 is 5.92 Å². The molecule has 23 heavy (non-hydrogen) atoms. The number of nitrogens with one attached hydrogen (secondary N) is 1. The van der Waals surface area contributed by atoms with Gasteiger partial charge in [-0.1, -0.05) is 24.3 Å². The number of furan rings is 1. The predicted octanol–water partition coefficient (Wildman–Crippen LogP) is 3.06. The van der Waals surface area contributed by atoms with Crippen LogP contribution in [-0.4, -0.2) is 11.8 Å². The summed E-state index contributed by atoms with van der Waals surface area (Å²) in [4.78, 5) is 24.3. The highest BCUT2D eigenvalue weighted by atomic mass is 16.3. The van der Waals surface area contributed by atoms with Gasteiger partial charge < -0.3 is 9.73 Å². The number of rotatable bonds is 3. The number of carbonyl (C=O) groups excluding carboxylic acids is 2. The van der Waals surface area contributed by atoms with Gasteiger partial charge >= 0.3 is 0 Å². The lowest BCUT2D eigenvalue weighted by Crippen LogP contribution is -2.31. The van der Waals surface area contributed by atoms with Gasteiger partial charge in [0, 0.05) is 11.1 Å². The van der Waals surface area contributed by atoms with E-state index >= 15 is 0 Å². The number of azo groups is 1. The molecule has 1 aromatic heterocycles. The number of fused-ring (bicyclic) bond motifs is 1. The summed E-state index contributed by atoms with van der Waals surface area (Å²) in [5.74, 6) is 0.334. The highest BCUT2D eigenvalue weighted by Crippen LogP contribution is 2.29. The molecule has 1 aliphatic heterocycles. The Labute approximate surface area is 133 Å². The fourth-order valence-electron chi connectivity index (χ4n) is 2.80. The molecule has 0 fully saturated rings. The lowest BCUT2D eigenvalue weighted by molar-refractivity contribution is -0.120. The minimum atomic E-state index is -0.522. The molecular formula is C17H17N3O3. The van der Waals surface area contributed by atoms with Crippen molar-refractivity contribution in [2.45, 2.75) is 26.8 Å². The normalized spacial score (nSPS) is 20.7. The highest BCUT2D eigenvalue weighted by molar-refractivity contribution is 5.98. The molecule has 6 heteroatoms. The molecule has 2 amide bonds. The Hall–Kier alpha value is -2.76. The Bertz CT molecular complexity index is 796. The molecule has 0 saturated heterocycles. The second-order valence-electron chi connectivity index (χ2n) is 5.63. The van der Waals surface area contributed by atoms with Gasteiger partial charge in [-0.05, 0) is 26.8 Å². The fourth-order valence-corrected chi connectivity index (χ4v) is 2.80. The van der Waals surface area contributed by atoms with Gasteiger partial charge in [0.2, 0.25) is 0 Å². The summed E-state index contributed by atoms with van der Waals surface area (Å²) < 4.78 is 5.49. The quantitative estimate of drug-likeness (QED) is 0.931. The number of nitrogens with zero attached hydrogens (tertiary/aromatic N) is 2. The van der Waals surface area contributed by atoms with Crippen molar-refractivity contribution in [1.29, 1.82) is 0 Å². The third kappa shape index (κ3) is 2.79. The molecule has 0 radical (unpaired) electrons. The minimum Gasteiger partial charge on any atom is -0.466 e. The van der Waals surface area contributed by atoms with E-state index in [0.29, 0.717) is 5.57 Å². The van der Waals surface area contributed by atoms with Gasteiger partial charge in [0.15, 0.2) is 5.70 Å². The van der Waals surface area contributed by atoms with Crippen LogP contribution in [0.15, 0.2) is 56.3 Å². The van der Waals surface area contributed by atoms with Gasteiger partial charge in [-0.2, -0.15) is 0 Å². The first kappa shape index (κ1) is 15.1. The molecule has 3 rings (SSSR count). The molecule has 2 aliphatic rings. The van der Waals surface area contributed by atoms with Gasteiger partial charge in [0.1, 0.15) is 11.5 Å². The van der Waals surface area contributed by atoms with Crippen molar-refractivity contribution >= 4 is 11.8 Å². The van der Waals surface area contributed by atoms with Crippen LogP contribution in [0.2, 0.25) is 0 Å². The van der Waals surface area contributed by atoms with Crippen molar-refractivity contribution in [1.82, 2.24) is 5.32 Å². The average Bonchev–Trinajstić information content (AvgIpc) is 2.86. The zero-order chi connectivity index (χ0) is 16.6. The van der Waals surface area contributed by atoms with Crippen LogP contribution in [0.4, 0.5) is 0 Å². The summed E-state index contributed by atoms with van der Waals surface area (Å²) in [7, 11) is 0. The molecule has 6 nitrogen and oxygen atoms in total. The zero-order valence-corrected chi connectivity index (χ0v) is 13.2. The summed E-state index contributed by atoms with van der Waals surface area (Å²) in [5, 5.41) is 10.3. The van der Waals surface area contributed by atoms with E-state index in [-0.39, 0.29) is 23.6 Å². The van der Waals surface area contributed by atoms with E-state index in [0.717, 1.165) is 17.1 Å². The third-order valence-electron chi connectivity index (χ3n) is 3.92. The van der Waals surface area contributed by atoms with E-state index in [4.69, 9.17) is 4.42 Å². The largest absolute Gasteiger partial charge is 0.466 e. The van der Waals surface area contributed by atoms with E-state index in [1.54, 1.807) is 24.3 Å². The topological polar surface area (TPSA) is 84.0 Å². The summed E-state index contributed by atoms with van der Waals surface area (Å²) in [6, 6.07) is 1.67. The number of allylic oxidation sites excluding steroid dienone is 3. The van der Waals surface area contributed by atoms with Gasteiger partial charge in [-0.15, -0.1) is 10.2 Å². The first-order valence-corrected chi connectivity index (χ1v) is 7.40. The lowest BCUT2D eigenvalue weighted by atomic mass is 9.91. The molecule has 1 N–H and O–H groups in total. The maximum Gasteiger partial charge on any atom is 0.276 e. The Balaban J connectivity index is 1.84. The van der Waals surface area contributed by atoms with Crippen LogP contribution >= 0.6 is 0 Å². The van der Waals surface area contributed by atoms with Crippen LogP contribution < -0.4 is 5.32 Å². The van der Waals surface area contributed by atoms with Crippen LogP contribution in [0.25, 0.3) is 0 Å². The van der Waals surface area contributed by atoms with Crippen molar-refractivity contribution in [2.24, 2.45) is 16.1 Å². The molecule has 118 valence electrons. The molecular weight excluding hydrogens is 294 g/mol. The summed E-state index contributed by atoms with van der Waals surface area (Å²) in [5.41, 5.74) is 1.68. The second-order valence-corrected chi connectivity index (χ2v) is 5.63. The molecule has 1 aliphatic carbocycles. The third-order valence-corrected chi connectivity index (χ3v) is 3.92. The monoisotopic (exact) mass is 311 g/mol. The van der Waals surface area contributed by atoms with Crippen LogP contribution in [0.5, 0.6) is 0 Å². The molecule has 2 unspecified atom stereocenters. The van der Waals surface area contributed by atoms with Crippen molar-refractivity contribution in [3.05, 3.63) is 58.7 Å². The molecule has 2 heterocycles. The van der Waals surface area contributed by atoms with Crippen molar-refractivity contribution in [3.8, 4) is 0 Å². The van der Waals surface area contributed by atoms with Crippen LogP contribution in [0.3, 0.4) is 0 Å². The fraction of sp³-hybridized carbons (Fsp3) is 0.294. The van der Waals surface area contributed by atoms with Crippen molar-refractivity contribution < 1.29 is 14.0 Å². The summed E-state index contributed by atoms with van der Waals surface area (Å²) in [6.07, 6.45) is 6.99. The minimum absolute atomic E-state index is 0.180. The summed E-state index contributed by atoms with van der Waals surface area (Å²) >= 11 is 0. The Morgan fingerprint density at radius 2 is 2.09 bits per heavy atom. The van der Waals surface area contributed by atoms with Crippen molar-refractivity contribution in [3.63, 3.8) is 0 Å². The van der Waals surface area contributed by atoms with Crippen molar-refractivity contribution in [2.75, 3.05) is 0 Å². The standard InChI is InChI=1S/C17H17N3O3/c1-9-8-14(11(3)23-9)10(2)18-17(22)15-12-6-4-5-7-13(12)16(21)20-19-15/h4-8,10,13H,1-3H3,(H,18,22). The maximum absolute atomic E-state index is 12.5. The number of hydrogen-bond donors (Lipinski definition) is 1. The number of amides is 2. The van der Waals surface area contributed by atoms with Crippen LogP contribution in [-0.2, 0) is 9.59 Å². The Kier molecular flexibility index (Phi) is 3.82. The van der Waals surface area contributed by atoms with Gasteiger partial charge in [0.25, 0.3) is 11.8 Å². The first-order chi connectivity index (χ1) is 11.0. The van der Waals surface area contributed by atoms with Gasteiger partial charge in [-0.25, -0.2) is 0 Å². The van der Waals surface area contributed by atoms with Gasteiger partial charge in [-0.3, -0.25) is 9.59 Å². The van der Waals surface area contributed by atoms with Gasteiger partial charge in [0.05, 0.1) is 12.0 Å². The van der Waals surface area contributed by atoms with Crippen LogP contribution in [0.1, 0.15) is 30.0 Å². The average molecular weight is 311 g/mol. The number of hydrogen-bond acceptors (Lipinski definition) is 4. The van der Waals surface area contributed by atoms with E-state index in [1.807, 2.05) is 26.8 Å². The SMILES string of the molecule is Cc1cc(C(C)NC(=O)C2=C3C=CC=CC3C(=O)N=N2)c(C)o1. The molecule has 1 aromatic rings. The van der Waals surface area contributed by atoms with E-state index in [9.17, 15) is 9.59 Å².